The molecule has 3 aromatic heterocycles. The van der Waals surface area contributed by atoms with Crippen LogP contribution in [-0.4, -0.2) is 51.1 Å². The van der Waals surface area contributed by atoms with Gasteiger partial charge in [-0.25, -0.2) is 9.50 Å². The lowest BCUT2D eigenvalue weighted by atomic mass is 9.91. The number of anilines is 1. The molecule has 0 saturated carbocycles. The van der Waals surface area contributed by atoms with Gasteiger partial charge in [0, 0.05) is 30.2 Å². The standard InChI is InChI=1S/C27H25ClF3N5O4/c1-15(39-2)7-22(26(38)34-19-5-6-24-32-14-33-36(24)11-19)35-12-23-21(10-25(35)37)20-9-18(28)4-3-16(20)8-17(13-40-23)27(29,30)31/h3-6,9-12,14-15,17,22H,7-8,13H2,1-2H3,(H,34,38)/t15-,17+,22-/m0/s1. The maximum atomic E-state index is 13.8. The topological polar surface area (TPSA) is 99.7 Å². The molecule has 13 heteroatoms. The maximum Gasteiger partial charge on any atom is 0.395 e. The van der Waals surface area contributed by atoms with Crippen molar-refractivity contribution in [2.45, 2.75) is 38.1 Å². The molecule has 0 radical (unpaired) electrons. The SMILES string of the molecule is CO[C@@H](C)C[C@@H](C(=O)Nc1ccc2ncnn2c1)n1cc2c(cc1=O)-c1cc(Cl)ccc1C[C@@H](C(F)(F)F)CO2. The van der Waals surface area contributed by atoms with E-state index in [0.717, 1.165) is 4.57 Å². The number of carbonyl (C=O) groups excluding carboxylic acids is 1. The molecule has 1 aliphatic heterocycles. The number of rotatable bonds is 6. The second-order valence-electron chi connectivity index (χ2n) is 9.62. The van der Waals surface area contributed by atoms with Crippen molar-refractivity contribution in [1.29, 1.82) is 0 Å². The average Bonchev–Trinajstić information content (AvgIpc) is 3.37. The van der Waals surface area contributed by atoms with E-state index >= 15 is 0 Å². The lowest BCUT2D eigenvalue weighted by molar-refractivity contribution is -0.181. The van der Waals surface area contributed by atoms with E-state index < -0.39 is 42.3 Å². The van der Waals surface area contributed by atoms with Crippen LogP contribution in [0.25, 0.3) is 16.8 Å². The summed E-state index contributed by atoms with van der Waals surface area (Å²) in [6.07, 6.45) is -0.945. The van der Waals surface area contributed by atoms with Crippen LogP contribution in [0.3, 0.4) is 0 Å². The van der Waals surface area contributed by atoms with Crippen molar-refractivity contribution in [3.63, 3.8) is 0 Å². The van der Waals surface area contributed by atoms with Crippen LogP contribution in [0.15, 0.2) is 59.9 Å². The molecular formula is C27H25ClF3N5O4. The number of ether oxygens (including phenoxy) is 2. The summed E-state index contributed by atoms with van der Waals surface area (Å²) in [6, 6.07) is 8.05. The van der Waals surface area contributed by atoms with Crippen molar-refractivity contribution >= 4 is 28.8 Å². The van der Waals surface area contributed by atoms with Gasteiger partial charge >= 0.3 is 6.18 Å². The van der Waals surface area contributed by atoms with Gasteiger partial charge in [0.2, 0.25) is 5.91 Å². The maximum absolute atomic E-state index is 13.8. The molecule has 9 nitrogen and oxygen atoms in total. The molecule has 210 valence electrons. The van der Waals surface area contributed by atoms with Gasteiger partial charge in [0.05, 0.1) is 30.1 Å². The summed E-state index contributed by atoms with van der Waals surface area (Å²) in [5.41, 5.74) is 1.50. The average molecular weight is 576 g/mol. The van der Waals surface area contributed by atoms with Crippen molar-refractivity contribution < 1.29 is 27.4 Å². The number of hydrogen-bond acceptors (Lipinski definition) is 6. The van der Waals surface area contributed by atoms with Gasteiger partial charge in [-0.2, -0.15) is 18.3 Å². The molecule has 1 amide bonds. The highest BCUT2D eigenvalue weighted by Gasteiger charge is 2.41. The second kappa shape index (κ2) is 10.9. The Morgan fingerprint density at radius 3 is 2.77 bits per heavy atom. The Hall–Kier alpha value is -3.90. The molecule has 0 aliphatic carbocycles. The highest BCUT2D eigenvalue weighted by atomic mass is 35.5. The number of aromatic nitrogens is 4. The zero-order chi connectivity index (χ0) is 28.6. The Balaban J connectivity index is 1.57. The van der Waals surface area contributed by atoms with Crippen LogP contribution < -0.4 is 15.6 Å². The van der Waals surface area contributed by atoms with Crippen LogP contribution >= 0.6 is 11.6 Å². The van der Waals surface area contributed by atoms with Crippen LogP contribution in [0, 0.1) is 5.92 Å². The van der Waals surface area contributed by atoms with Crippen LogP contribution in [-0.2, 0) is 16.0 Å². The number of pyridine rings is 2. The molecule has 1 aliphatic rings. The van der Waals surface area contributed by atoms with Crippen molar-refractivity contribution in [3.05, 3.63) is 76.1 Å². The third kappa shape index (κ3) is 5.68. The molecule has 5 rings (SSSR count). The summed E-state index contributed by atoms with van der Waals surface area (Å²) in [5.74, 6) is -2.28. The number of hydrogen-bond donors (Lipinski definition) is 1. The Bertz CT molecular complexity index is 1620. The first-order valence-electron chi connectivity index (χ1n) is 12.4. The van der Waals surface area contributed by atoms with Crippen LogP contribution in [0.4, 0.5) is 18.9 Å². The molecule has 0 spiro atoms. The number of carbonyl (C=O) groups is 1. The minimum atomic E-state index is -4.51. The van der Waals surface area contributed by atoms with E-state index in [4.69, 9.17) is 21.1 Å². The predicted molar refractivity (Wildman–Crippen MR) is 142 cm³/mol. The summed E-state index contributed by atoms with van der Waals surface area (Å²) in [7, 11) is 1.47. The number of nitrogens with zero attached hydrogens (tertiary/aromatic N) is 4. The van der Waals surface area contributed by atoms with Crippen molar-refractivity contribution in [3.8, 4) is 16.9 Å². The normalized spacial score (nSPS) is 16.7. The Morgan fingerprint density at radius 2 is 2.02 bits per heavy atom. The fourth-order valence-electron chi connectivity index (χ4n) is 4.67. The summed E-state index contributed by atoms with van der Waals surface area (Å²) in [6.45, 7) is 1.09. The van der Waals surface area contributed by atoms with Gasteiger partial charge in [0.1, 0.15) is 24.7 Å². The largest absolute Gasteiger partial charge is 0.491 e. The van der Waals surface area contributed by atoms with E-state index in [1.807, 2.05) is 0 Å². The zero-order valence-electron chi connectivity index (χ0n) is 21.5. The summed E-state index contributed by atoms with van der Waals surface area (Å²) >= 11 is 6.18. The smallest absolute Gasteiger partial charge is 0.395 e. The Morgan fingerprint density at radius 1 is 1.23 bits per heavy atom. The number of alkyl halides is 3. The molecule has 4 heterocycles. The third-order valence-corrected chi connectivity index (χ3v) is 7.15. The van der Waals surface area contributed by atoms with Crippen molar-refractivity contribution in [2.75, 3.05) is 19.0 Å². The summed E-state index contributed by atoms with van der Waals surface area (Å²) < 4.78 is 55.1. The van der Waals surface area contributed by atoms with Gasteiger partial charge < -0.3 is 14.8 Å². The van der Waals surface area contributed by atoms with E-state index in [9.17, 15) is 22.8 Å². The second-order valence-corrected chi connectivity index (χ2v) is 10.1. The predicted octanol–water partition coefficient (Wildman–Crippen LogP) is 4.93. The van der Waals surface area contributed by atoms with E-state index in [2.05, 4.69) is 15.4 Å². The Kier molecular flexibility index (Phi) is 7.56. The number of nitrogens with one attached hydrogen (secondary N) is 1. The van der Waals surface area contributed by atoms with E-state index in [0.29, 0.717) is 33.0 Å². The summed E-state index contributed by atoms with van der Waals surface area (Å²) in [5, 5.41) is 7.13. The van der Waals surface area contributed by atoms with E-state index in [1.165, 1.54) is 48.4 Å². The highest BCUT2D eigenvalue weighted by Crippen LogP contribution is 2.40. The number of methoxy groups -OCH3 is 1. The number of fused-ring (bicyclic) bond motifs is 4. The zero-order valence-corrected chi connectivity index (χ0v) is 22.2. The van der Waals surface area contributed by atoms with Gasteiger partial charge in [-0.15, -0.1) is 0 Å². The third-order valence-electron chi connectivity index (χ3n) is 6.91. The molecule has 3 atom stereocenters. The molecule has 40 heavy (non-hydrogen) atoms. The molecule has 0 unspecified atom stereocenters. The first-order valence-corrected chi connectivity index (χ1v) is 12.8. The molecule has 1 N–H and O–H groups in total. The van der Waals surface area contributed by atoms with Crippen LogP contribution in [0.2, 0.25) is 5.02 Å². The first kappa shape index (κ1) is 27.7. The van der Waals surface area contributed by atoms with Crippen molar-refractivity contribution in [2.24, 2.45) is 5.92 Å². The lowest BCUT2D eigenvalue weighted by Crippen LogP contribution is -2.36. The molecular weight excluding hydrogens is 551 g/mol. The van der Waals surface area contributed by atoms with Crippen LogP contribution in [0.5, 0.6) is 5.75 Å². The van der Waals surface area contributed by atoms with Gasteiger partial charge in [-0.05, 0) is 48.7 Å². The van der Waals surface area contributed by atoms with Gasteiger partial charge in [0.15, 0.2) is 5.65 Å². The van der Waals surface area contributed by atoms with Gasteiger partial charge in [-0.3, -0.25) is 14.2 Å². The fraction of sp³-hybridized carbons (Fsp3) is 0.333. The minimum absolute atomic E-state index is 0.0315. The monoisotopic (exact) mass is 575 g/mol. The highest BCUT2D eigenvalue weighted by molar-refractivity contribution is 6.30. The molecule has 1 aromatic carbocycles. The fourth-order valence-corrected chi connectivity index (χ4v) is 4.85. The summed E-state index contributed by atoms with van der Waals surface area (Å²) in [4.78, 5) is 31.1. The first-order chi connectivity index (χ1) is 19.0. The molecule has 0 bridgehead atoms. The minimum Gasteiger partial charge on any atom is -0.491 e. The number of benzene rings is 1. The molecule has 0 fully saturated rings. The number of amides is 1. The number of halogens is 4. The lowest BCUT2D eigenvalue weighted by Gasteiger charge is -2.28. The van der Waals surface area contributed by atoms with Gasteiger partial charge in [0.25, 0.3) is 5.56 Å². The van der Waals surface area contributed by atoms with Crippen molar-refractivity contribution in [1.82, 2.24) is 19.2 Å². The molecule has 4 aromatic rings. The Labute approximate surface area is 231 Å². The van der Waals surface area contributed by atoms with Gasteiger partial charge in [-0.1, -0.05) is 17.7 Å². The van der Waals surface area contributed by atoms with E-state index in [-0.39, 0.29) is 18.6 Å². The molecule has 0 saturated heterocycles. The van der Waals surface area contributed by atoms with Crippen LogP contribution in [0.1, 0.15) is 24.9 Å². The quantitative estimate of drug-likeness (QED) is 0.350. The van der Waals surface area contributed by atoms with E-state index in [1.54, 1.807) is 25.3 Å².